The molecule has 6 heteroatoms. The van der Waals surface area contributed by atoms with Crippen LogP contribution in [0.15, 0.2) is 12.1 Å². The summed E-state index contributed by atoms with van der Waals surface area (Å²) in [5.41, 5.74) is -0.00824. The Kier molecular flexibility index (Phi) is 4.06. The van der Waals surface area contributed by atoms with Crippen LogP contribution in [0.3, 0.4) is 0 Å². The van der Waals surface area contributed by atoms with E-state index in [1.54, 1.807) is 0 Å². The zero-order valence-corrected chi connectivity index (χ0v) is 9.35. The fraction of sp³-hybridized carbons (Fsp3) is 0.300. The zero-order chi connectivity index (χ0) is 12.3. The number of methoxy groups -OCH3 is 1. The molecule has 1 aromatic rings. The average Bonchev–Trinajstić information content (AvgIpc) is 2.19. The molecule has 0 aliphatic rings. The van der Waals surface area contributed by atoms with E-state index in [1.807, 2.05) is 0 Å². The van der Waals surface area contributed by atoms with Crippen LogP contribution >= 0.6 is 11.6 Å². The molecule has 0 saturated carbocycles. The maximum absolute atomic E-state index is 12.1. The molecule has 0 aliphatic heterocycles. The molecule has 0 spiro atoms. The smallest absolute Gasteiger partial charge is 0.387 e. The second-order valence-electron chi connectivity index (χ2n) is 2.92. The predicted molar refractivity (Wildman–Crippen MR) is 54.6 cm³/mol. The summed E-state index contributed by atoms with van der Waals surface area (Å²) in [5, 5.41) is 0.161. The summed E-state index contributed by atoms with van der Waals surface area (Å²) in [6.45, 7) is -1.78. The van der Waals surface area contributed by atoms with Gasteiger partial charge in [-0.1, -0.05) is 11.6 Å². The summed E-state index contributed by atoms with van der Waals surface area (Å²) in [7, 11) is 1.33. The second-order valence-corrected chi connectivity index (χ2v) is 3.32. The summed E-state index contributed by atoms with van der Waals surface area (Å²) < 4.78 is 33.2. The van der Waals surface area contributed by atoms with Crippen LogP contribution in [0.1, 0.15) is 17.3 Å². The number of benzene rings is 1. The van der Waals surface area contributed by atoms with E-state index in [0.717, 1.165) is 6.07 Å². The number of ketones is 1. The number of rotatable bonds is 4. The lowest BCUT2D eigenvalue weighted by atomic mass is 10.1. The van der Waals surface area contributed by atoms with Gasteiger partial charge in [0.15, 0.2) is 5.78 Å². The van der Waals surface area contributed by atoms with Crippen LogP contribution in [0.4, 0.5) is 8.78 Å². The first-order valence-electron chi connectivity index (χ1n) is 4.29. The van der Waals surface area contributed by atoms with E-state index in [2.05, 4.69) is 4.74 Å². The van der Waals surface area contributed by atoms with Crippen molar-refractivity contribution < 1.29 is 23.0 Å². The number of ether oxygens (including phenoxy) is 2. The van der Waals surface area contributed by atoms with E-state index in [9.17, 15) is 13.6 Å². The molecule has 0 radical (unpaired) electrons. The predicted octanol–water partition coefficient (Wildman–Crippen LogP) is 3.15. The number of halogens is 3. The Morgan fingerprint density at radius 3 is 2.44 bits per heavy atom. The van der Waals surface area contributed by atoms with E-state index < -0.39 is 12.4 Å². The molecular formula is C10H9ClF2O3. The Morgan fingerprint density at radius 1 is 1.38 bits per heavy atom. The van der Waals surface area contributed by atoms with E-state index in [0.29, 0.717) is 0 Å². The minimum absolute atomic E-state index is 0.00824. The van der Waals surface area contributed by atoms with Gasteiger partial charge in [-0.2, -0.15) is 8.78 Å². The summed E-state index contributed by atoms with van der Waals surface area (Å²) in [5.74, 6) is -0.494. The van der Waals surface area contributed by atoms with E-state index in [4.69, 9.17) is 16.3 Å². The van der Waals surface area contributed by atoms with E-state index in [-0.39, 0.29) is 22.1 Å². The minimum atomic E-state index is -3.01. The lowest BCUT2D eigenvalue weighted by Gasteiger charge is -2.11. The van der Waals surface area contributed by atoms with Crippen LogP contribution in [0.5, 0.6) is 11.5 Å². The molecule has 0 heterocycles. The van der Waals surface area contributed by atoms with Gasteiger partial charge in [0.05, 0.1) is 17.7 Å². The van der Waals surface area contributed by atoms with Crippen LogP contribution < -0.4 is 9.47 Å². The molecule has 0 aliphatic carbocycles. The van der Waals surface area contributed by atoms with Gasteiger partial charge >= 0.3 is 6.61 Å². The highest BCUT2D eigenvalue weighted by atomic mass is 35.5. The Labute approximate surface area is 95.9 Å². The van der Waals surface area contributed by atoms with Gasteiger partial charge in [-0.25, -0.2) is 0 Å². The first-order chi connectivity index (χ1) is 7.45. The largest absolute Gasteiger partial charge is 0.495 e. The number of Topliss-reactive ketones (excluding diaryl/α,β-unsaturated/α-hetero) is 1. The molecule has 1 aromatic carbocycles. The standard InChI is InChI=1S/C10H9ClF2O3/c1-5(14)6-3-7(11)9(15-2)4-8(6)16-10(12)13/h3-4,10H,1-2H3. The summed E-state index contributed by atoms with van der Waals surface area (Å²) in [6.07, 6.45) is 0. The molecule has 16 heavy (non-hydrogen) atoms. The molecule has 0 N–H and O–H groups in total. The van der Waals surface area contributed by atoms with E-state index >= 15 is 0 Å². The van der Waals surface area contributed by atoms with Gasteiger partial charge in [-0.15, -0.1) is 0 Å². The number of alkyl halides is 2. The van der Waals surface area contributed by atoms with Crippen molar-refractivity contribution in [1.82, 2.24) is 0 Å². The molecule has 0 unspecified atom stereocenters. The van der Waals surface area contributed by atoms with Gasteiger partial charge in [0.25, 0.3) is 0 Å². The maximum Gasteiger partial charge on any atom is 0.387 e. The summed E-state index contributed by atoms with van der Waals surface area (Å²) >= 11 is 5.76. The van der Waals surface area contributed by atoms with Crippen molar-refractivity contribution in [2.75, 3.05) is 7.11 Å². The summed E-state index contributed by atoms with van der Waals surface area (Å²) in [6, 6.07) is 2.39. The van der Waals surface area contributed by atoms with Gasteiger partial charge in [-0.05, 0) is 13.0 Å². The average molecular weight is 251 g/mol. The first kappa shape index (κ1) is 12.7. The van der Waals surface area contributed by atoms with Gasteiger partial charge in [0.1, 0.15) is 11.5 Å². The molecular weight excluding hydrogens is 242 g/mol. The van der Waals surface area contributed by atoms with Crippen LogP contribution in [0, 0.1) is 0 Å². The van der Waals surface area contributed by atoms with Crippen LogP contribution in [-0.4, -0.2) is 19.5 Å². The number of carbonyl (C=O) groups is 1. The second kappa shape index (κ2) is 5.12. The van der Waals surface area contributed by atoms with Crippen LogP contribution in [-0.2, 0) is 0 Å². The van der Waals surface area contributed by atoms with Crippen molar-refractivity contribution in [3.63, 3.8) is 0 Å². The number of carbonyl (C=O) groups excluding carboxylic acids is 1. The molecule has 0 aromatic heterocycles. The van der Waals surface area contributed by atoms with Crippen molar-refractivity contribution in [2.45, 2.75) is 13.5 Å². The molecule has 0 saturated heterocycles. The lowest BCUT2D eigenvalue weighted by molar-refractivity contribution is -0.0502. The normalized spacial score (nSPS) is 10.4. The van der Waals surface area contributed by atoms with Gasteiger partial charge in [0.2, 0.25) is 0 Å². The third-order valence-corrected chi connectivity index (χ3v) is 2.14. The Morgan fingerprint density at radius 2 is 2.00 bits per heavy atom. The molecule has 1 rings (SSSR count). The zero-order valence-electron chi connectivity index (χ0n) is 8.59. The quantitative estimate of drug-likeness (QED) is 0.770. The third kappa shape index (κ3) is 2.82. The van der Waals surface area contributed by atoms with Crippen molar-refractivity contribution in [3.05, 3.63) is 22.7 Å². The lowest BCUT2D eigenvalue weighted by Crippen LogP contribution is -2.07. The van der Waals surface area contributed by atoms with E-state index in [1.165, 1.54) is 20.1 Å². The van der Waals surface area contributed by atoms with Crippen molar-refractivity contribution in [2.24, 2.45) is 0 Å². The van der Waals surface area contributed by atoms with Crippen molar-refractivity contribution >= 4 is 17.4 Å². The van der Waals surface area contributed by atoms with Crippen LogP contribution in [0.2, 0.25) is 5.02 Å². The fourth-order valence-corrected chi connectivity index (χ4v) is 1.40. The topological polar surface area (TPSA) is 35.5 Å². The monoisotopic (exact) mass is 250 g/mol. The first-order valence-corrected chi connectivity index (χ1v) is 4.66. The van der Waals surface area contributed by atoms with Gasteiger partial charge < -0.3 is 9.47 Å². The molecule has 3 nitrogen and oxygen atoms in total. The Bertz CT molecular complexity index is 407. The number of hydrogen-bond acceptors (Lipinski definition) is 3. The molecule has 0 amide bonds. The summed E-state index contributed by atoms with van der Waals surface area (Å²) in [4.78, 5) is 11.2. The SMILES string of the molecule is COc1cc(OC(F)F)c(C(C)=O)cc1Cl. The molecule has 0 fully saturated rings. The molecule has 0 bridgehead atoms. The highest BCUT2D eigenvalue weighted by Gasteiger charge is 2.16. The highest BCUT2D eigenvalue weighted by molar-refractivity contribution is 6.32. The Balaban J connectivity index is 3.25. The van der Waals surface area contributed by atoms with Gasteiger partial charge in [-0.3, -0.25) is 4.79 Å². The number of hydrogen-bond donors (Lipinski definition) is 0. The fourth-order valence-electron chi connectivity index (χ4n) is 1.16. The highest BCUT2D eigenvalue weighted by Crippen LogP contribution is 2.33. The Hall–Kier alpha value is -1.36. The van der Waals surface area contributed by atoms with Crippen molar-refractivity contribution in [3.8, 4) is 11.5 Å². The molecule has 88 valence electrons. The van der Waals surface area contributed by atoms with Crippen molar-refractivity contribution in [1.29, 1.82) is 0 Å². The third-order valence-electron chi connectivity index (χ3n) is 1.85. The van der Waals surface area contributed by atoms with Crippen LogP contribution in [0.25, 0.3) is 0 Å². The maximum atomic E-state index is 12.1. The minimum Gasteiger partial charge on any atom is -0.495 e. The molecule has 0 atom stereocenters. The van der Waals surface area contributed by atoms with Gasteiger partial charge in [0, 0.05) is 6.07 Å².